The van der Waals surface area contributed by atoms with E-state index in [1.165, 1.54) is 48.9 Å². The molecular weight excluding hydrogens is 625 g/mol. The van der Waals surface area contributed by atoms with Crippen LogP contribution in [-0.2, 0) is 15.6 Å². The van der Waals surface area contributed by atoms with Gasteiger partial charge in [-0.1, -0.05) is 72.8 Å². The van der Waals surface area contributed by atoms with Crippen LogP contribution in [0.3, 0.4) is 0 Å². The Balaban J connectivity index is 1.47. The normalized spacial score (nSPS) is 18.6. The Labute approximate surface area is 297 Å². The molecule has 0 atom stereocenters. The van der Waals surface area contributed by atoms with E-state index in [-0.39, 0.29) is 27.7 Å². The Bertz CT molecular complexity index is 1810. The predicted octanol–water partition coefficient (Wildman–Crippen LogP) is 10.8. The molecule has 256 valence electrons. The summed E-state index contributed by atoms with van der Waals surface area (Å²) in [5, 5.41) is 28.7. The van der Waals surface area contributed by atoms with Crippen molar-refractivity contribution in [3.63, 3.8) is 0 Å². The van der Waals surface area contributed by atoms with E-state index in [1.807, 2.05) is 38.1 Å². The molecule has 0 saturated carbocycles. The summed E-state index contributed by atoms with van der Waals surface area (Å²) in [4.78, 5) is 4.74. The molecule has 0 spiro atoms. The van der Waals surface area contributed by atoms with Gasteiger partial charge >= 0.3 is 0 Å². The minimum atomic E-state index is -0.842. The maximum atomic E-state index is 9.89. The highest BCUT2D eigenvalue weighted by atomic mass is 32.1. The smallest absolute Gasteiger partial charge is 0.172 e. The van der Waals surface area contributed by atoms with Gasteiger partial charge in [0.2, 0.25) is 0 Å². The van der Waals surface area contributed by atoms with Gasteiger partial charge in [0.15, 0.2) is 11.3 Å². The standard InChI is InChI=1S/C42H50N4O2S/c1-8-9-10-11-12-13-24-47-39-29(25-35-37-36(39)41(4,5)21-23-46(37)22-20-40(35,2)3)14-15-31-16-17-32(49-31)18-19-34-33(28-45)38(30(26-43)27-44)48-42(34,6)7/h14-19,25H,8-13,20-24H2,1-7H3/b15-14+,19-18+. The number of benzene rings is 1. The lowest BCUT2D eigenvalue weighted by Crippen LogP contribution is -2.45. The van der Waals surface area contributed by atoms with Gasteiger partial charge in [0, 0.05) is 45.2 Å². The second-order valence-electron chi connectivity index (χ2n) is 15.3. The minimum Gasteiger partial charge on any atom is -0.493 e. The minimum absolute atomic E-state index is 0.0141. The van der Waals surface area contributed by atoms with E-state index in [0.29, 0.717) is 5.57 Å². The van der Waals surface area contributed by atoms with Crippen molar-refractivity contribution in [1.29, 1.82) is 15.8 Å². The zero-order valence-electron chi connectivity index (χ0n) is 30.3. The van der Waals surface area contributed by atoms with Crippen LogP contribution in [-0.4, -0.2) is 25.3 Å². The number of ether oxygens (including phenoxy) is 2. The molecule has 1 aromatic heterocycles. The summed E-state index contributed by atoms with van der Waals surface area (Å²) in [7, 11) is 0. The van der Waals surface area contributed by atoms with Gasteiger partial charge in [0.25, 0.3) is 0 Å². The summed E-state index contributed by atoms with van der Waals surface area (Å²) >= 11 is 1.66. The number of nitriles is 3. The number of thiophene rings is 1. The number of anilines is 1. The molecule has 0 radical (unpaired) electrons. The van der Waals surface area contributed by atoms with E-state index >= 15 is 0 Å². The molecule has 3 aliphatic rings. The molecule has 4 heterocycles. The zero-order valence-corrected chi connectivity index (χ0v) is 31.1. The van der Waals surface area contributed by atoms with Crippen LogP contribution in [0.4, 0.5) is 5.69 Å². The maximum absolute atomic E-state index is 9.89. The Morgan fingerprint density at radius 2 is 1.51 bits per heavy atom. The van der Waals surface area contributed by atoms with Crippen LogP contribution in [0.15, 0.2) is 46.8 Å². The molecule has 6 nitrogen and oxygen atoms in total. The Hall–Kier alpha value is -4.25. The van der Waals surface area contributed by atoms with Gasteiger partial charge in [0.05, 0.1) is 6.61 Å². The van der Waals surface area contributed by atoms with Crippen LogP contribution in [0, 0.1) is 34.0 Å². The van der Waals surface area contributed by atoms with Crippen molar-refractivity contribution in [1.82, 2.24) is 0 Å². The SMILES string of the molecule is CCCCCCCCOc1c(/C=C/c2ccc(/C=C/C3=C(C#N)C(=C(C#N)C#N)OC3(C)C)s2)cc2c3c1C(C)(C)CCN3CCC2(C)C. The first-order chi connectivity index (χ1) is 23.4. The lowest BCUT2D eigenvalue weighted by molar-refractivity contribution is 0.0954. The van der Waals surface area contributed by atoms with Gasteiger partial charge in [-0.15, -0.1) is 11.3 Å². The Kier molecular flexibility index (Phi) is 10.8. The monoisotopic (exact) mass is 674 g/mol. The molecule has 0 aliphatic carbocycles. The highest BCUT2D eigenvalue weighted by molar-refractivity contribution is 7.13. The molecule has 0 saturated heterocycles. The van der Waals surface area contributed by atoms with Gasteiger partial charge in [-0.25, -0.2) is 0 Å². The lowest BCUT2D eigenvalue weighted by Gasteiger charge is -2.49. The van der Waals surface area contributed by atoms with Gasteiger partial charge in [-0.3, -0.25) is 0 Å². The molecule has 2 aromatic rings. The molecule has 0 unspecified atom stereocenters. The average molecular weight is 675 g/mol. The van der Waals surface area contributed by atoms with Crippen LogP contribution in [0.5, 0.6) is 5.75 Å². The Morgan fingerprint density at radius 1 is 0.878 bits per heavy atom. The molecule has 0 N–H and O–H groups in total. The van der Waals surface area contributed by atoms with Gasteiger partial charge in [0.1, 0.15) is 35.1 Å². The van der Waals surface area contributed by atoms with Gasteiger partial charge in [-0.05, 0) is 85.9 Å². The second kappa shape index (κ2) is 14.7. The number of rotatable bonds is 12. The molecule has 0 bridgehead atoms. The fourth-order valence-corrected chi connectivity index (χ4v) is 8.09. The third-order valence-electron chi connectivity index (χ3n) is 10.3. The van der Waals surface area contributed by atoms with E-state index in [9.17, 15) is 15.8 Å². The van der Waals surface area contributed by atoms with Crippen LogP contribution < -0.4 is 9.64 Å². The summed E-state index contributed by atoms with van der Waals surface area (Å²) < 4.78 is 12.7. The van der Waals surface area contributed by atoms with Crippen LogP contribution in [0.1, 0.15) is 126 Å². The fraction of sp³-hybridized carbons (Fsp3) is 0.500. The van der Waals surface area contributed by atoms with Gasteiger partial charge < -0.3 is 14.4 Å². The molecular formula is C42H50N4O2S. The van der Waals surface area contributed by atoms with Crippen molar-refractivity contribution in [2.45, 2.75) is 116 Å². The number of unbranched alkanes of at least 4 members (excludes halogenated alkanes) is 5. The quantitative estimate of drug-likeness (QED) is 0.164. The molecule has 5 rings (SSSR count). The molecule has 1 aromatic carbocycles. The van der Waals surface area contributed by atoms with Gasteiger partial charge in [-0.2, -0.15) is 15.8 Å². The van der Waals surface area contributed by atoms with Crippen LogP contribution >= 0.6 is 11.3 Å². The number of hydrogen-bond donors (Lipinski definition) is 0. The summed E-state index contributed by atoms with van der Waals surface area (Å²) in [6.45, 7) is 18.4. The fourth-order valence-electron chi connectivity index (χ4n) is 7.28. The highest BCUT2D eigenvalue weighted by Crippen LogP contribution is 2.54. The largest absolute Gasteiger partial charge is 0.493 e. The first kappa shape index (κ1) is 36.0. The maximum Gasteiger partial charge on any atom is 0.172 e. The molecule has 0 amide bonds. The molecule has 49 heavy (non-hydrogen) atoms. The number of nitrogens with zero attached hydrogens (tertiary/aromatic N) is 4. The zero-order chi connectivity index (χ0) is 35.4. The van der Waals surface area contributed by atoms with Crippen molar-refractivity contribution >= 4 is 35.3 Å². The number of hydrogen-bond acceptors (Lipinski definition) is 7. The third-order valence-corrected chi connectivity index (χ3v) is 11.3. The summed E-state index contributed by atoms with van der Waals surface area (Å²) in [6, 6.07) is 12.4. The summed E-state index contributed by atoms with van der Waals surface area (Å²) in [5.41, 5.74) is 5.29. The molecule has 7 heteroatoms. The van der Waals surface area contributed by atoms with E-state index in [0.717, 1.165) is 60.0 Å². The third kappa shape index (κ3) is 7.51. The topological polar surface area (TPSA) is 93.1 Å². The van der Waals surface area contributed by atoms with Crippen molar-refractivity contribution in [2.75, 3.05) is 24.6 Å². The van der Waals surface area contributed by atoms with E-state index in [4.69, 9.17) is 9.47 Å². The highest BCUT2D eigenvalue weighted by Gasteiger charge is 2.43. The number of allylic oxidation sites excluding steroid dienone is 2. The van der Waals surface area contributed by atoms with Crippen molar-refractivity contribution in [3.8, 4) is 24.0 Å². The van der Waals surface area contributed by atoms with E-state index in [2.05, 4.69) is 75.9 Å². The van der Waals surface area contributed by atoms with Crippen molar-refractivity contribution < 1.29 is 9.47 Å². The summed E-state index contributed by atoms with van der Waals surface area (Å²) in [6.07, 6.45) is 17.9. The Morgan fingerprint density at radius 3 is 2.16 bits per heavy atom. The average Bonchev–Trinajstić information content (AvgIpc) is 3.62. The van der Waals surface area contributed by atoms with Crippen LogP contribution in [0.25, 0.3) is 18.2 Å². The second-order valence-corrected chi connectivity index (χ2v) is 16.4. The molecule has 0 fully saturated rings. The lowest BCUT2D eigenvalue weighted by atomic mass is 9.68. The van der Waals surface area contributed by atoms with Crippen molar-refractivity contribution in [2.24, 2.45) is 0 Å². The predicted molar refractivity (Wildman–Crippen MR) is 201 cm³/mol. The molecule has 3 aliphatic heterocycles. The summed E-state index contributed by atoms with van der Waals surface area (Å²) in [5.74, 6) is 1.10. The van der Waals surface area contributed by atoms with E-state index in [1.54, 1.807) is 11.3 Å². The first-order valence-corrected chi connectivity index (χ1v) is 18.6. The van der Waals surface area contributed by atoms with Crippen LogP contribution in [0.2, 0.25) is 0 Å². The first-order valence-electron chi connectivity index (χ1n) is 17.8. The van der Waals surface area contributed by atoms with E-state index < -0.39 is 5.60 Å². The van der Waals surface area contributed by atoms with Crippen molar-refractivity contribution in [3.05, 3.63) is 73.2 Å².